The van der Waals surface area contributed by atoms with Crippen LogP contribution >= 0.6 is 0 Å². The van der Waals surface area contributed by atoms with E-state index in [1.54, 1.807) is 12.4 Å². The lowest BCUT2D eigenvalue weighted by Crippen LogP contribution is -2.60. The van der Waals surface area contributed by atoms with Crippen LogP contribution < -0.4 is 10.2 Å². The fourth-order valence-electron chi connectivity index (χ4n) is 5.58. The molecule has 8 nitrogen and oxygen atoms in total. The molecule has 3 fully saturated rings. The molecule has 5 rings (SSSR count). The number of hydrogen-bond acceptors (Lipinski definition) is 5. The van der Waals surface area contributed by atoms with Crippen molar-refractivity contribution >= 4 is 17.6 Å². The van der Waals surface area contributed by atoms with Crippen LogP contribution in [0.2, 0.25) is 0 Å². The second-order valence-electron chi connectivity index (χ2n) is 9.03. The number of rotatable bonds is 6. The molecule has 3 aliphatic rings. The summed E-state index contributed by atoms with van der Waals surface area (Å²) in [4.78, 5) is 34.4. The Morgan fingerprint density at radius 1 is 1.19 bits per heavy atom. The minimum Gasteiger partial charge on any atom is -0.355 e. The second-order valence-corrected chi connectivity index (χ2v) is 9.03. The molecular formula is C23H30N6O2. The maximum absolute atomic E-state index is 12.9. The number of carbonyl (C=O) groups excluding carboxylic acids is 2. The highest BCUT2D eigenvalue weighted by molar-refractivity contribution is 5.98. The summed E-state index contributed by atoms with van der Waals surface area (Å²) in [5.74, 6) is 1.94. The highest BCUT2D eigenvalue weighted by Crippen LogP contribution is 2.39. The molecule has 5 heterocycles. The summed E-state index contributed by atoms with van der Waals surface area (Å²) >= 11 is 0. The van der Waals surface area contributed by atoms with Gasteiger partial charge in [0, 0.05) is 63.8 Å². The van der Waals surface area contributed by atoms with Crippen molar-refractivity contribution in [3.05, 3.63) is 42.4 Å². The average Bonchev–Trinajstić information content (AvgIpc) is 3.31. The van der Waals surface area contributed by atoms with Crippen LogP contribution in [0.5, 0.6) is 0 Å². The van der Waals surface area contributed by atoms with Crippen LogP contribution in [0.15, 0.2) is 36.8 Å². The number of piperidine rings is 3. The highest BCUT2D eigenvalue weighted by Gasteiger charge is 2.44. The molecule has 0 aromatic carbocycles. The zero-order chi connectivity index (χ0) is 21.2. The van der Waals surface area contributed by atoms with Gasteiger partial charge in [0.05, 0.1) is 5.56 Å². The van der Waals surface area contributed by atoms with Crippen LogP contribution in [-0.4, -0.2) is 63.7 Å². The van der Waals surface area contributed by atoms with Crippen molar-refractivity contribution in [2.45, 2.75) is 44.7 Å². The third kappa shape index (κ3) is 4.16. The van der Waals surface area contributed by atoms with Crippen LogP contribution in [0.25, 0.3) is 0 Å². The molecular weight excluding hydrogens is 392 g/mol. The first-order valence-corrected chi connectivity index (χ1v) is 11.4. The summed E-state index contributed by atoms with van der Waals surface area (Å²) in [5.41, 5.74) is 0.637. The summed E-state index contributed by atoms with van der Waals surface area (Å²) in [6, 6.07) is 5.95. The molecule has 2 aromatic heterocycles. The second kappa shape index (κ2) is 8.69. The Hall–Kier alpha value is -2.90. The number of amides is 2. The number of carbonyl (C=O) groups is 2. The maximum Gasteiger partial charge on any atom is 0.255 e. The molecule has 0 aliphatic carbocycles. The number of pyridine rings is 1. The van der Waals surface area contributed by atoms with E-state index in [1.165, 1.54) is 6.42 Å². The highest BCUT2D eigenvalue weighted by atomic mass is 16.2. The van der Waals surface area contributed by atoms with E-state index in [4.69, 9.17) is 0 Å². The molecule has 3 aliphatic heterocycles. The topological polar surface area (TPSA) is 83.4 Å². The van der Waals surface area contributed by atoms with Crippen LogP contribution in [0.4, 0.5) is 5.82 Å². The lowest BCUT2D eigenvalue weighted by Gasteiger charge is -2.52. The molecule has 164 valence electrons. The minimum atomic E-state index is -0.0752. The summed E-state index contributed by atoms with van der Waals surface area (Å²) in [5, 5.41) is 7.23. The number of fused-ring (bicyclic) bond motifs is 4. The molecule has 2 aromatic rings. The SMILES string of the molecule is O=C(NCCCn1cccn1)c1cccnc1N1CC2CC(C1)[C@H]1CCCC(=O)N1C2. The van der Waals surface area contributed by atoms with Crippen molar-refractivity contribution in [2.75, 3.05) is 31.1 Å². The molecule has 31 heavy (non-hydrogen) atoms. The van der Waals surface area contributed by atoms with Crippen LogP contribution in [0, 0.1) is 11.8 Å². The van der Waals surface area contributed by atoms with Gasteiger partial charge in [-0.1, -0.05) is 0 Å². The third-order valence-electron chi connectivity index (χ3n) is 6.92. The van der Waals surface area contributed by atoms with Crippen molar-refractivity contribution < 1.29 is 9.59 Å². The Kier molecular flexibility index (Phi) is 5.61. The molecule has 3 atom stereocenters. The first-order valence-electron chi connectivity index (χ1n) is 11.4. The molecule has 3 saturated heterocycles. The van der Waals surface area contributed by atoms with Gasteiger partial charge in [-0.2, -0.15) is 5.10 Å². The van der Waals surface area contributed by atoms with E-state index in [9.17, 15) is 9.59 Å². The van der Waals surface area contributed by atoms with Crippen LogP contribution in [-0.2, 0) is 11.3 Å². The zero-order valence-corrected chi connectivity index (χ0v) is 17.8. The molecule has 2 unspecified atom stereocenters. The molecule has 8 heteroatoms. The standard InChI is InChI=1S/C23H30N6O2/c30-21-7-1-6-20-18-13-17(15-29(20)21)14-27(16-18)22-19(5-2-8-24-22)23(31)25-9-3-11-28-12-4-10-26-28/h2,4-5,8,10,12,17-18,20H,1,3,6-7,9,11,13-16H2,(H,25,31)/t17?,18?,20-/m1/s1. The summed E-state index contributed by atoms with van der Waals surface area (Å²) in [7, 11) is 0. The van der Waals surface area contributed by atoms with Crippen molar-refractivity contribution in [3.8, 4) is 0 Å². The van der Waals surface area contributed by atoms with Gasteiger partial charge in [0.25, 0.3) is 5.91 Å². The van der Waals surface area contributed by atoms with E-state index < -0.39 is 0 Å². The number of hydrogen-bond donors (Lipinski definition) is 1. The summed E-state index contributed by atoms with van der Waals surface area (Å²) < 4.78 is 1.87. The van der Waals surface area contributed by atoms with E-state index in [0.717, 1.165) is 51.3 Å². The Balaban J connectivity index is 1.25. The largest absolute Gasteiger partial charge is 0.355 e. The molecule has 0 saturated carbocycles. The summed E-state index contributed by atoms with van der Waals surface area (Å²) in [6.07, 6.45) is 10.2. The van der Waals surface area contributed by atoms with Gasteiger partial charge in [0.15, 0.2) is 0 Å². The number of nitrogens with one attached hydrogen (secondary N) is 1. The van der Waals surface area contributed by atoms with Crippen molar-refractivity contribution in [1.29, 1.82) is 0 Å². The molecule has 1 N–H and O–H groups in total. The lowest BCUT2D eigenvalue weighted by atomic mass is 9.76. The Morgan fingerprint density at radius 2 is 2.13 bits per heavy atom. The Labute approximate surface area is 182 Å². The van der Waals surface area contributed by atoms with E-state index in [1.807, 2.05) is 29.1 Å². The molecule has 0 spiro atoms. The van der Waals surface area contributed by atoms with Gasteiger partial charge < -0.3 is 15.1 Å². The van der Waals surface area contributed by atoms with E-state index in [0.29, 0.717) is 42.3 Å². The number of nitrogens with zero attached hydrogens (tertiary/aromatic N) is 5. The smallest absolute Gasteiger partial charge is 0.255 e. The molecule has 2 bridgehead atoms. The van der Waals surface area contributed by atoms with Gasteiger partial charge in [0.1, 0.15) is 5.82 Å². The first-order chi connectivity index (χ1) is 15.2. The van der Waals surface area contributed by atoms with Gasteiger partial charge in [-0.15, -0.1) is 0 Å². The fraction of sp³-hybridized carbons (Fsp3) is 0.565. The van der Waals surface area contributed by atoms with Gasteiger partial charge >= 0.3 is 0 Å². The van der Waals surface area contributed by atoms with Crippen LogP contribution in [0.3, 0.4) is 0 Å². The normalized spacial score (nSPS) is 25.3. The van der Waals surface area contributed by atoms with Gasteiger partial charge in [-0.3, -0.25) is 14.3 Å². The number of anilines is 1. The van der Waals surface area contributed by atoms with Gasteiger partial charge in [-0.05, 0) is 55.7 Å². The average molecular weight is 423 g/mol. The Bertz CT molecular complexity index is 930. The van der Waals surface area contributed by atoms with Crippen molar-refractivity contribution in [1.82, 2.24) is 25.0 Å². The van der Waals surface area contributed by atoms with Crippen LogP contribution in [0.1, 0.15) is 42.5 Å². The zero-order valence-electron chi connectivity index (χ0n) is 17.8. The third-order valence-corrected chi connectivity index (χ3v) is 6.92. The first kappa shape index (κ1) is 20.0. The molecule has 0 radical (unpaired) electrons. The minimum absolute atomic E-state index is 0.0752. The van der Waals surface area contributed by atoms with E-state index in [-0.39, 0.29) is 5.91 Å². The summed E-state index contributed by atoms with van der Waals surface area (Å²) in [6.45, 7) is 3.93. The van der Waals surface area contributed by atoms with Crippen molar-refractivity contribution in [3.63, 3.8) is 0 Å². The van der Waals surface area contributed by atoms with E-state index in [2.05, 4.69) is 25.2 Å². The predicted octanol–water partition coefficient (Wildman–Crippen LogP) is 1.94. The number of aryl methyl sites for hydroxylation is 1. The monoisotopic (exact) mass is 422 g/mol. The number of aromatic nitrogens is 3. The van der Waals surface area contributed by atoms with Gasteiger partial charge in [-0.25, -0.2) is 4.98 Å². The quantitative estimate of drug-likeness (QED) is 0.720. The Morgan fingerprint density at radius 3 is 3.00 bits per heavy atom. The van der Waals surface area contributed by atoms with Crippen molar-refractivity contribution in [2.24, 2.45) is 11.8 Å². The fourth-order valence-corrected chi connectivity index (χ4v) is 5.58. The van der Waals surface area contributed by atoms with Gasteiger partial charge in [0.2, 0.25) is 5.91 Å². The lowest BCUT2D eigenvalue weighted by molar-refractivity contribution is -0.142. The van der Waals surface area contributed by atoms with E-state index >= 15 is 0 Å². The maximum atomic E-state index is 12.9. The predicted molar refractivity (Wildman–Crippen MR) is 117 cm³/mol. The molecule has 2 amide bonds.